The lowest BCUT2D eigenvalue weighted by molar-refractivity contribution is -0.123. The van der Waals surface area contributed by atoms with Gasteiger partial charge in [0, 0.05) is 5.69 Å². The highest BCUT2D eigenvalue weighted by Gasteiger charge is 2.34. The van der Waals surface area contributed by atoms with E-state index in [0.717, 1.165) is 5.69 Å². The first kappa shape index (κ1) is 10.2. The zero-order valence-electron chi connectivity index (χ0n) is 9.10. The van der Waals surface area contributed by atoms with Gasteiger partial charge in [-0.1, -0.05) is 26.0 Å². The molecule has 2 rings (SSSR count). The number of nitrogens with two attached hydrogens (primary N) is 1. The maximum absolute atomic E-state index is 11.4. The fourth-order valence-corrected chi connectivity index (χ4v) is 1.72. The third-order valence-corrected chi connectivity index (χ3v) is 2.83. The molecule has 1 unspecified atom stereocenters. The van der Waals surface area contributed by atoms with Crippen LogP contribution in [0.2, 0.25) is 0 Å². The van der Waals surface area contributed by atoms with Crippen LogP contribution >= 0.6 is 0 Å². The largest absolute Gasteiger partial charge is 0.318 e. The molecule has 80 valence electrons. The fraction of sp³-hybridized carbons (Fsp3) is 0.417. The van der Waals surface area contributed by atoms with Gasteiger partial charge in [-0.2, -0.15) is 0 Å². The second-order valence-corrected chi connectivity index (χ2v) is 4.30. The Morgan fingerprint density at radius 2 is 1.93 bits per heavy atom. The normalized spacial score (nSPS) is 20.7. The monoisotopic (exact) mass is 204 g/mol. The van der Waals surface area contributed by atoms with E-state index in [1.807, 2.05) is 12.1 Å². The first-order valence-electron chi connectivity index (χ1n) is 5.26. The SMILES string of the molecule is CC(C)c1ccc(N2CC(N)C2=O)cc1. The molecule has 3 heteroatoms. The summed E-state index contributed by atoms with van der Waals surface area (Å²) in [5.74, 6) is 0.542. The maximum Gasteiger partial charge on any atom is 0.245 e. The van der Waals surface area contributed by atoms with Crippen molar-refractivity contribution in [1.29, 1.82) is 0 Å². The molecule has 1 aliphatic rings. The minimum absolute atomic E-state index is 0.0206. The topological polar surface area (TPSA) is 46.3 Å². The number of nitrogens with zero attached hydrogens (tertiary/aromatic N) is 1. The standard InChI is InChI=1S/C12H16N2O/c1-8(2)9-3-5-10(6-4-9)14-7-11(13)12(14)15/h3-6,8,11H,7,13H2,1-2H3. The van der Waals surface area contributed by atoms with Crippen LogP contribution in [0.1, 0.15) is 25.3 Å². The first-order chi connectivity index (χ1) is 7.09. The van der Waals surface area contributed by atoms with Crippen LogP contribution in [0, 0.1) is 0 Å². The van der Waals surface area contributed by atoms with Gasteiger partial charge in [0.25, 0.3) is 0 Å². The summed E-state index contributed by atoms with van der Waals surface area (Å²) in [6, 6.07) is 7.81. The molecule has 0 radical (unpaired) electrons. The van der Waals surface area contributed by atoms with Gasteiger partial charge in [0.05, 0.1) is 6.54 Å². The third kappa shape index (κ3) is 1.75. The number of rotatable bonds is 2. The van der Waals surface area contributed by atoms with Gasteiger partial charge in [-0.25, -0.2) is 0 Å². The van der Waals surface area contributed by atoms with Gasteiger partial charge < -0.3 is 10.6 Å². The lowest BCUT2D eigenvalue weighted by Gasteiger charge is -2.36. The summed E-state index contributed by atoms with van der Waals surface area (Å²) < 4.78 is 0. The van der Waals surface area contributed by atoms with Crippen LogP contribution in [-0.4, -0.2) is 18.5 Å². The van der Waals surface area contributed by atoms with Gasteiger partial charge in [-0.05, 0) is 23.6 Å². The molecule has 1 saturated heterocycles. The van der Waals surface area contributed by atoms with E-state index in [1.165, 1.54) is 5.56 Å². The van der Waals surface area contributed by atoms with Crippen LogP contribution in [0.25, 0.3) is 0 Å². The van der Waals surface area contributed by atoms with Crippen LogP contribution in [-0.2, 0) is 4.79 Å². The average molecular weight is 204 g/mol. The zero-order chi connectivity index (χ0) is 11.0. The van der Waals surface area contributed by atoms with E-state index in [9.17, 15) is 4.79 Å². The third-order valence-electron chi connectivity index (χ3n) is 2.83. The predicted molar refractivity (Wildman–Crippen MR) is 60.9 cm³/mol. The Kier molecular flexibility index (Phi) is 2.49. The highest BCUT2D eigenvalue weighted by Crippen LogP contribution is 2.23. The summed E-state index contributed by atoms with van der Waals surface area (Å²) in [6.07, 6.45) is 0. The molecular weight excluding hydrogens is 188 g/mol. The second kappa shape index (κ2) is 3.66. The van der Waals surface area contributed by atoms with Gasteiger partial charge in [-0.15, -0.1) is 0 Å². The molecule has 1 atom stereocenters. The molecule has 1 fully saturated rings. The minimum Gasteiger partial charge on any atom is -0.318 e. The number of β-lactam (4-membered cyclic amide) rings is 1. The van der Waals surface area contributed by atoms with Crippen molar-refractivity contribution < 1.29 is 4.79 Å². The Labute approximate surface area is 89.9 Å². The van der Waals surface area contributed by atoms with Gasteiger partial charge >= 0.3 is 0 Å². The zero-order valence-corrected chi connectivity index (χ0v) is 9.10. The van der Waals surface area contributed by atoms with E-state index in [1.54, 1.807) is 4.90 Å². The number of hydrogen-bond donors (Lipinski definition) is 1. The maximum atomic E-state index is 11.4. The van der Waals surface area contributed by atoms with E-state index < -0.39 is 0 Å². The second-order valence-electron chi connectivity index (χ2n) is 4.30. The molecule has 0 bridgehead atoms. The number of amides is 1. The van der Waals surface area contributed by atoms with Crippen molar-refractivity contribution in [1.82, 2.24) is 0 Å². The van der Waals surface area contributed by atoms with Gasteiger partial charge in [0.15, 0.2) is 0 Å². The van der Waals surface area contributed by atoms with Crippen LogP contribution in [0.5, 0.6) is 0 Å². The molecule has 3 nitrogen and oxygen atoms in total. The minimum atomic E-state index is -0.297. The Bertz CT molecular complexity index is 370. The molecule has 0 aromatic heterocycles. The molecule has 1 aromatic carbocycles. The lowest BCUT2D eigenvalue weighted by Crippen LogP contribution is -2.61. The molecular formula is C12H16N2O. The highest BCUT2D eigenvalue weighted by atomic mass is 16.2. The fourth-order valence-electron chi connectivity index (χ4n) is 1.72. The van der Waals surface area contributed by atoms with E-state index in [-0.39, 0.29) is 11.9 Å². The van der Waals surface area contributed by atoms with Crippen LogP contribution in [0.4, 0.5) is 5.69 Å². The van der Waals surface area contributed by atoms with Crippen molar-refractivity contribution in [2.24, 2.45) is 5.73 Å². The van der Waals surface area contributed by atoms with Crippen molar-refractivity contribution >= 4 is 11.6 Å². The number of carbonyl (C=O) groups is 1. The lowest BCUT2D eigenvalue weighted by atomic mass is 10.0. The number of benzene rings is 1. The summed E-state index contributed by atoms with van der Waals surface area (Å²) in [6.45, 7) is 4.94. The Balaban J connectivity index is 2.14. The molecule has 1 heterocycles. The number of hydrogen-bond acceptors (Lipinski definition) is 2. The van der Waals surface area contributed by atoms with E-state index in [0.29, 0.717) is 12.5 Å². The van der Waals surface area contributed by atoms with Gasteiger partial charge in [0.1, 0.15) is 6.04 Å². The Morgan fingerprint density at radius 1 is 1.33 bits per heavy atom. The predicted octanol–water partition coefficient (Wildman–Crippen LogP) is 1.48. The van der Waals surface area contributed by atoms with E-state index >= 15 is 0 Å². The Morgan fingerprint density at radius 3 is 2.33 bits per heavy atom. The van der Waals surface area contributed by atoms with Crippen molar-refractivity contribution in [3.05, 3.63) is 29.8 Å². The van der Waals surface area contributed by atoms with Crippen LogP contribution in [0.15, 0.2) is 24.3 Å². The quantitative estimate of drug-likeness (QED) is 0.742. The molecule has 0 aliphatic carbocycles. The molecule has 1 aromatic rings. The van der Waals surface area contributed by atoms with Gasteiger partial charge in [0.2, 0.25) is 5.91 Å². The van der Waals surface area contributed by atoms with Crippen molar-refractivity contribution in [2.75, 3.05) is 11.4 Å². The molecule has 2 N–H and O–H groups in total. The smallest absolute Gasteiger partial charge is 0.245 e. The van der Waals surface area contributed by atoms with Crippen LogP contribution < -0.4 is 10.6 Å². The summed E-state index contributed by atoms with van der Waals surface area (Å²) in [4.78, 5) is 13.1. The molecule has 0 saturated carbocycles. The average Bonchev–Trinajstić information content (AvgIpc) is 2.25. The molecule has 0 spiro atoms. The summed E-state index contributed by atoms with van der Waals surface area (Å²) in [5.41, 5.74) is 7.77. The van der Waals surface area contributed by atoms with Crippen molar-refractivity contribution in [3.63, 3.8) is 0 Å². The molecule has 1 amide bonds. The summed E-state index contributed by atoms with van der Waals surface area (Å²) >= 11 is 0. The highest BCUT2D eigenvalue weighted by molar-refractivity contribution is 6.03. The van der Waals surface area contributed by atoms with E-state index in [2.05, 4.69) is 26.0 Å². The van der Waals surface area contributed by atoms with Gasteiger partial charge in [-0.3, -0.25) is 4.79 Å². The van der Waals surface area contributed by atoms with Crippen molar-refractivity contribution in [3.8, 4) is 0 Å². The van der Waals surface area contributed by atoms with E-state index in [4.69, 9.17) is 5.73 Å². The van der Waals surface area contributed by atoms with Crippen LogP contribution in [0.3, 0.4) is 0 Å². The molecule has 15 heavy (non-hydrogen) atoms. The summed E-state index contributed by atoms with van der Waals surface area (Å²) in [5, 5.41) is 0. The summed E-state index contributed by atoms with van der Waals surface area (Å²) in [7, 11) is 0. The molecule has 1 aliphatic heterocycles. The number of anilines is 1. The Hall–Kier alpha value is -1.35. The van der Waals surface area contributed by atoms with Crippen molar-refractivity contribution in [2.45, 2.75) is 25.8 Å². The number of carbonyl (C=O) groups excluding carboxylic acids is 1. The first-order valence-corrected chi connectivity index (χ1v) is 5.26.